The molecule has 1 heterocycles. The highest BCUT2D eigenvalue weighted by Gasteiger charge is 2.21. The molecular weight excluding hydrogens is 176 g/mol. The number of fused-ring (bicyclic) bond motifs is 1. The topological polar surface area (TPSA) is 47.3 Å². The van der Waals surface area contributed by atoms with Crippen LogP contribution in [-0.2, 0) is 6.42 Å². The minimum absolute atomic E-state index is 0.385. The molecule has 3 N–H and O–H groups in total. The Labute approximate surface area is 84.3 Å². The van der Waals surface area contributed by atoms with Gasteiger partial charge >= 0.3 is 0 Å². The third-order valence-corrected chi connectivity index (χ3v) is 2.73. The average molecular weight is 192 g/mol. The lowest BCUT2D eigenvalue weighted by Crippen LogP contribution is -2.25. The molecule has 1 aliphatic rings. The summed E-state index contributed by atoms with van der Waals surface area (Å²) in [7, 11) is 1.70. The zero-order valence-electron chi connectivity index (χ0n) is 8.63. The molecule has 14 heavy (non-hydrogen) atoms. The summed E-state index contributed by atoms with van der Waals surface area (Å²) in [5.41, 5.74) is 9.43. The van der Waals surface area contributed by atoms with E-state index in [0.717, 1.165) is 12.2 Å². The Hall–Kier alpha value is -1.22. The third kappa shape index (κ3) is 1.44. The molecule has 0 bridgehead atoms. The monoisotopic (exact) mass is 192 g/mol. The highest BCUT2D eigenvalue weighted by Crippen LogP contribution is 2.32. The van der Waals surface area contributed by atoms with Crippen molar-refractivity contribution < 1.29 is 4.74 Å². The van der Waals surface area contributed by atoms with Crippen LogP contribution < -0.4 is 15.8 Å². The maximum absolute atomic E-state index is 5.64. The van der Waals surface area contributed by atoms with Crippen molar-refractivity contribution in [3.63, 3.8) is 0 Å². The normalized spacial score (nSPS) is 18.9. The molecule has 1 unspecified atom stereocenters. The quantitative estimate of drug-likeness (QED) is 0.742. The molecule has 1 atom stereocenters. The molecule has 3 nitrogen and oxygen atoms in total. The summed E-state index contributed by atoms with van der Waals surface area (Å²) < 4.78 is 5.23. The molecule has 1 aromatic rings. The Morgan fingerprint density at radius 1 is 1.57 bits per heavy atom. The van der Waals surface area contributed by atoms with Crippen molar-refractivity contribution in [3.8, 4) is 5.75 Å². The van der Waals surface area contributed by atoms with Crippen LogP contribution in [-0.4, -0.2) is 19.7 Å². The zero-order valence-corrected chi connectivity index (χ0v) is 8.63. The van der Waals surface area contributed by atoms with E-state index < -0.39 is 0 Å². The number of hydrogen-bond acceptors (Lipinski definition) is 3. The second-order valence-corrected chi connectivity index (χ2v) is 3.76. The molecule has 0 radical (unpaired) electrons. The number of ether oxygens (including phenoxy) is 1. The Bertz CT molecular complexity index is 349. The van der Waals surface area contributed by atoms with E-state index in [2.05, 4.69) is 18.3 Å². The highest BCUT2D eigenvalue weighted by molar-refractivity contribution is 5.64. The molecular formula is C11H16N2O. The van der Waals surface area contributed by atoms with Crippen molar-refractivity contribution in [1.82, 2.24) is 0 Å². The van der Waals surface area contributed by atoms with Gasteiger partial charge in [-0.1, -0.05) is 0 Å². The van der Waals surface area contributed by atoms with Crippen LogP contribution in [0, 0.1) is 6.92 Å². The first kappa shape index (κ1) is 9.34. The molecule has 0 saturated carbocycles. The van der Waals surface area contributed by atoms with Crippen molar-refractivity contribution in [2.75, 3.05) is 19.0 Å². The number of nitrogens with two attached hydrogens (primary N) is 1. The minimum atomic E-state index is 0.385. The number of methoxy groups -OCH3 is 1. The van der Waals surface area contributed by atoms with Crippen molar-refractivity contribution in [3.05, 3.63) is 23.3 Å². The summed E-state index contributed by atoms with van der Waals surface area (Å²) in [5, 5.41) is 3.42. The molecule has 2 rings (SSSR count). The van der Waals surface area contributed by atoms with Crippen LogP contribution in [0.5, 0.6) is 5.75 Å². The van der Waals surface area contributed by atoms with E-state index in [-0.39, 0.29) is 0 Å². The number of aryl methyl sites for hydroxylation is 1. The fourth-order valence-electron chi connectivity index (χ4n) is 1.97. The summed E-state index contributed by atoms with van der Waals surface area (Å²) in [4.78, 5) is 0. The lowest BCUT2D eigenvalue weighted by molar-refractivity contribution is 0.414. The number of anilines is 1. The molecule has 0 aromatic heterocycles. The van der Waals surface area contributed by atoms with E-state index in [1.807, 2.05) is 6.07 Å². The molecule has 0 fully saturated rings. The van der Waals surface area contributed by atoms with Gasteiger partial charge in [0, 0.05) is 18.3 Å². The van der Waals surface area contributed by atoms with Crippen molar-refractivity contribution in [2.24, 2.45) is 5.73 Å². The fraction of sp³-hybridized carbons (Fsp3) is 0.455. The standard InChI is InChI=1S/C11H16N2O/c1-7-3-10(14-2)5-8-4-9(6-12)13-11(7)8/h3,5,9,13H,4,6,12H2,1-2H3. The molecule has 0 aliphatic carbocycles. The predicted molar refractivity (Wildman–Crippen MR) is 57.9 cm³/mol. The average Bonchev–Trinajstić information content (AvgIpc) is 2.61. The zero-order chi connectivity index (χ0) is 10.1. The van der Waals surface area contributed by atoms with Gasteiger partial charge in [-0.05, 0) is 36.6 Å². The third-order valence-electron chi connectivity index (χ3n) is 2.73. The predicted octanol–water partition coefficient (Wildman–Crippen LogP) is 1.30. The maximum Gasteiger partial charge on any atom is 0.119 e. The van der Waals surface area contributed by atoms with E-state index in [9.17, 15) is 0 Å². The molecule has 1 aliphatic heterocycles. The molecule has 0 amide bonds. The van der Waals surface area contributed by atoms with Crippen LogP contribution in [0.1, 0.15) is 11.1 Å². The Kier molecular flexibility index (Phi) is 2.33. The van der Waals surface area contributed by atoms with Crippen LogP contribution in [0.15, 0.2) is 12.1 Å². The van der Waals surface area contributed by atoms with Gasteiger partial charge in [-0.15, -0.1) is 0 Å². The second kappa shape index (κ2) is 3.50. The van der Waals surface area contributed by atoms with Crippen molar-refractivity contribution >= 4 is 5.69 Å². The van der Waals surface area contributed by atoms with Gasteiger partial charge in [0.15, 0.2) is 0 Å². The van der Waals surface area contributed by atoms with Gasteiger partial charge in [0.05, 0.1) is 7.11 Å². The molecule has 0 saturated heterocycles. The van der Waals surface area contributed by atoms with Crippen LogP contribution in [0.4, 0.5) is 5.69 Å². The summed E-state index contributed by atoms with van der Waals surface area (Å²) in [5.74, 6) is 0.931. The van der Waals surface area contributed by atoms with Gasteiger partial charge in [-0.3, -0.25) is 0 Å². The van der Waals surface area contributed by atoms with Gasteiger partial charge in [0.25, 0.3) is 0 Å². The van der Waals surface area contributed by atoms with Gasteiger partial charge in [0.2, 0.25) is 0 Å². The molecule has 3 heteroatoms. The second-order valence-electron chi connectivity index (χ2n) is 3.76. The van der Waals surface area contributed by atoms with E-state index >= 15 is 0 Å². The van der Waals surface area contributed by atoms with Gasteiger partial charge in [0.1, 0.15) is 5.75 Å². The summed E-state index contributed by atoms with van der Waals surface area (Å²) in [6.45, 7) is 2.77. The smallest absolute Gasteiger partial charge is 0.119 e. The highest BCUT2D eigenvalue weighted by atomic mass is 16.5. The first-order valence-corrected chi connectivity index (χ1v) is 4.88. The van der Waals surface area contributed by atoms with E-state index in [4.69, 9.17) is 10.5 Å². The van der Waals surface area contributed by atoms with Crippen LogP contribution in [0.2, 0.25) is 0 Å². The van der Waals surface area contributed by atoms with Gasteiger partial charge in [-0.2, -0.15) is 0 Å². The summed E-state index contributed by atoms with van der Waals surface area (Å²) in [6.07, 6.45) is 1.00. The van der Waals surface area contributed by atoms with Gasteiger partial charge < -0.3 is 15.8 Å². The van der Waals surface area contributed by atoms with Crippen LogP contribution in [0.25, 0.3) is 0 Å². The first-order chi connectivity index (χ1) is 6.74. The first-order valence-electron chi connectivity index (χ1n) is 4.88. The van der Waals surface area contributed by atoms with Crippen LogP contribution >= 0.6 is 0 Å². The number of rotatable bonds is 2. The molecule has 76 valence electrons. The Morgan fingerprint density at radius 3 is 3.00 bits per heavy atom. The summed E-state index contributed by atoms with van der Waals surface area (Å²) >= 11 is 0. The van der Waals surface area contributed by atoms with E-state index in [0.29, 0.717) is 12.6 Å². The number of nitrogens with one attached hydrogen (secondary N) is 1. The van der Waals surface area contributed by atoms with Crippen LogP contribution in [0.3, 0.4) is 0 Å². The molecule has 0 spiro atoms. The number of hydrogen-bond donors (Lipinski definition) is 2. The lowest BCUT2D eigenvalue weighted by atomic mass is 10.1. The number of benzene rings is 1. The largest absolute Gasteiger partial charge is 0.497 e. The van der Waals surface area contributed by atoms with E-state index in [1.165, 1.54) is 16.8 Å². The Balaban J connectivity index is 2.37. The SMILES string of the molecule is COc1cc(C)c2c(c1)CC(CN)N2. The fourth-order valence-corrected chi connectivity index (χ4v) is 1.97. The Morgan fingerprint density at radius 2 is 2.36 bits per heavy atom. The lowest BCUT2D eigenvalue weighted by Gasteiger charge is -2.09. The van der Waals surface area contributed by atoms with Crippen molar-refractivity contribution in [2.45, 2.75) is 19.4 Å². The minimum Gasteiger partial charge on any atom is -0.497 e. The maximum atomic E-state index is 5.64. The summed E-state index contributed by atoms with van der Waals surface area (Å²) in [6, 6.07) is 4.52. The molecule has 1 aromatic carbocycles. The van der Waals surface area contributed by atoms with Crippen molar-refractivity contribution in [1.29, 1.82) is 0 Å². The van der Waals surface area contributed by atoms with E-state index in [1.54, 1.807) is 7.11 Å². The van der Waals surface area contributed by atoms with Gasteiger partial charge in [-0.25, -0.2) is 0 Å².